The molecule has 7 unspecified atom stereocenters. The standard InChI is InChI=1S/C27H46O/c1-19(2)9-8-17-27(5,28)24-14-13-22-21-12-11-20-10-6-7-16-25(20,3)23(21)15-18-26(22,24)4/h11,19,21-24,28H,6-10,12-18H2,1-5H3. The average molecular weight is 387 g/mol. The zero-order chi connectivity index (χ0) is 20.2. The van der Waals surface area contributed by atoms with Crippen LogP contribution in [-0.2, 0) is 0 Å². The van der Waals surface area contributed by atoms with E-state index in [2.05, 4.69) is 40.7 Å². The van der Waals surface area contributed by atoms with E-state index in [1.54, 1.807) is 0 Å². The summed E-state index contributed by atoms with van der Waals surface area (Å²) in [5, 5.41) is 11.6. The molecular weight excluding hydrogens is 340 g/mol. The van der Waals surface area contributed by atoms with E-state index < -0.39 is 5.60 Å². The topological polar surface area (TPSA) is 20.2 Å². The first kappa shape index (κ1) is 21.0. The Morgan fingerprint density at radius 2 is 1.89 bits per heavy atom. The molecule has 0 amide bonds. The third-order valence-corrected chi connectivity index (χ3v) is 10.2. The maximum Gasteiger partial charge on any atom is 0.0653 e. The quantitative estimate of drug-likeness (QED) is 0.484. The highest BCUT2D eigenvalue weighted by atomic mass is 16.3. The molecule has 0 spiro atoms. The Balaban J connectivity index is 1.53. The number of fused-ring (bicyclic) bond motifs is 5. The fourth-order valence-corrected chi connectivity index (χ4v) is 8.76. The first-order chi connectivity index (χ1) is 13.2. The summed E-state index contributed by atoms with van der Waals surface area (Å²) in [7, 11) is 0. The van der Waals surface area contributed by atoms with Crippen molar-refractivity contribution in [1.82, 2.24) is 0 Å². The van der Waals surface area contributed by atoms with Gasteiger partial charge in [0.25, 0.3) is 0 Å². The third kappa shape index (κ3) is 3.32. The lowest BCUT2D eigenvalue weighted by Crippen LogP contribution is -2.52. The van der Waals surface area contributed by atoms with Crippen LogP contribution in [0.3, 0.4) is 0 Å². The molecule has 7 atom stereocenters. The van der Waals surface area contributed by atoms with Gasteiger partial charge in [-0.05, 0) is 105 Å². The van der Waals surface area contributed by atoms with E-state index in [4.69, 9.17) is 0 Å². The number of allylic oxidation sites excluding steroid dienone is 2. The summed E-state index contributed by atoms with van der Waals surface area (Å²) in [4.78, 5) is 0. The highest BCUT2D eigenvalue weighted by Crippen LogP contribution is 2.67. The minimum atomic E-state index is -0.477. The Morgan fingerprint density at radius 3 is 2.64 bits per heavy atom. The molecule has 3 saturated carbocycles. The van der Waals surface area contributed by atoms with Crippen molar-refractivity contribution < 1.29 is 5.11 Å². The molecule has 0 aliphatic heterocycles. The van der Waals surface area contributed by atoms with E-state index in [0.717, 1.165) is 30.1 Å². The van der Waals surface area contributed by atoms with Crippen molar-refractivity contribution in [2.24, 2.45) is 40.4 Å². The van der Waals surface area contributed by atoms with Gasteiger partial charge < -0.3 is 5.11 Å². The van der Waals surface area contributed by atoms with Crippen molar-refractivity contribution in [1.29, 1.82) is 0 Å². The summed E-state index contributed by atoms with van der Waals surface area (Å²) in [5.74, 6) is 3.88. The molecule has 4 rings (SSSR count). The van der Waals surface area contributed by atoms with E-state index in [-0.39, 0.29) is 0 Å². The molecule has 0 aromatic carbocycles. The number of hydrogen-bond donors (Lipinski definition) is 1. The molecule has 0 radical (unpaired) electrons. The van der Waals surface area contributed by atoms with Crippen LogP contribution in [0, 0.1) is 40.4 Å². The van der Waals surface area contributed by atoms with Crippen molar-refractivity contribution in [2.75, 3.05) is 0 Å². The van der Waals surface area contributed by atoms with Gasteiger partial charge in [0.15, 0.2) is 0 Å². The van der Waals surface area contributed by atoms with Gasteiger partial charge in [-0.15, -0.1) is 0 Å². The zero-order valence-corrected chi connectivity index (χ0v) is 19.4. The van der Waals surface area contributed by atoms with E-state index >= 15 is 0 Å². The van der Waals surface area contributed by atoms with Crippen molar-refractivity contribution >= 4 is 0 Å². The van der Waals surface area contributed by atoms with Gasteiger partial charge in [0.1, 0.15) is 0 Å². The Hall–Kier alpha value is -0.300. The lowest BCUT2D eigenvalue weighted by Gasteiger charge is -2.58. The van der Waals surface area contributed by atoms with E-state index in [0.29, 0.717) is 16.7 Å². The van der Waals surface area contributed by atoms with Crippen LogP contribution in [0.15, 0.2) is 11.6 Å². The second-order valence-electron chi connectivity index (χ2n) is 12.3. The van der Waals surface area contributed by atoms with Crippen molar-refractivity contribution in [2.45, 2.75) is 117 Å². The molecule has 0 aromatic heterocycles. The van der Waals surface area contributed by atoms with Crippen LogP contribution in [0.5, 0.6) is 0 Å². The van der Waals surface area contributed by atoms with E-state index in [1.807, 2.05) is 5.57 Å². The number of aliphatic hydroxyl groups is 1. The molecule has 0 aromatic rings. The second kappa shape index (κ2) is 7.44. The van der Waals surface area contributed by atoms with Gasteiger partial charge in [0.2, 0.25) is 0 Å². The van der Waals surface area contributed by atoms with Crippen molar-refractivity contribution in [3.63, 3.8) is 0 Å². The van der Waals surface area contributed by atoms with Crippen molar-refractivity contribution in [3.05, 3.63) is 11.6 Å². The van der Waals surface area contributed by atoms with Crippen LogP contribution in [-0.4, -0.2) is 10.7 Å². The molecule has 160 valence electrons. The van der Waals surface area contributed by atoms with E-state index in [1.165, 1.54) is 70.6 Å². The summed E-state index contributed by atoms with van der Waals surface area (Å²) in [6, 6.07) is 0. The maximum atomic E-state index is 11.6. The molecule has 0 heterocycles. The molecular formula is C27H46O. The van der Waals surface area contributed by atoms with E-state index in [9.17, 15) is 5.11 Å². The predicted molar refractivity (Wildman–Crippen MR) is 119 cm³/mol. The lowest BCUT2D eigenvalue weighted by molar-refractivity contribution is -0.103. The third-order valence-electron chi connectivity index (χ3n) is 10.2. The van der Waals surface area contributed by atoms with Gasteiger partial charge in [-0.2, -0.15) is 0 Å². The zero-order valence-electron chi connectivity index (χ0n) is 19.4. The summed E-state index contributed by atoms with van der Waals surface area (Å²) >= 11 is 0. The van der Waals surface area contributed by atoms with Crippen LogP contribution >= 0.6 is 0 Å². The molecule has 1 heteroatoms. The van der Waals surface area contributed by atoms with Crippen LogP contribution in [0.4, 0.5) is 0 Å². The maximum absolute atomic E-state index is 11.6. The largest absolute Gasteiger partial charge is 0.390 e. The molecule has 4 aliphatic carbocycles. The monoisotopic (exact) mass is 386 g/mol. The van der Waals surface area contributed by atoms with Crippen LogP contribution in [0.2, 0.25) is 0 Å². The first-order valence-corrected chi connectivity index (χ1v) is 12.6. The predicted octanol–water partition coefficient (Wildman–Crippen LogP) is 7.53. The minimum absolute atomic E-state index is 0.360. The molecule has 0 bridgehead atoms. The average Bonchev–Trinajstić information content (AvgIpc) is 2.99. The van der Waals surface area contributed by atoms with Gasteiger partial charge in [0.05, 0.1) is 5.60 Å². The molecule has 28 heavy (non-hydrogen) atoms. The Morgan fingerprint density at radius 1 is 1.11 bits per heavy atom. The Labute approximate surface area is 174 Å². The smallest absolute Gasteiger partial charge is 0.0653 e. The van der Waals surface area contributed by atoms with Crippen molar-refractivity contribution in [3.8, 4) is 0 Å². The van der Waals surface area contributed by atoms with Crippen LogP contribution < -0.4 is 0 Å². The second-order valence-corrected chi connectivity index (χ2v) is 12.3. The lowest BCUT2D eigenvalue weighted by atomic mass is 9.47. The fourth-order valence-electron chi connectivity index (χ4n) is 8.76. The molecule has 0 saturated heterocycles. The first-order valence-electron chi connectivity index (χ1n) is 12.6. The number of rotatable bonds is 5. The van der Waals surface area contributed by atoms with Crippen LogP contribution in [0.1, 0.15) is 112 Å². The molecule has 1 N–H and O–H groups in total. The number of hydrogen-bond acceptors (Lipinski definition) is 1. The van der Waals surface area contributed by atoms with Gasteiger partial charge in [-0.3, -0.25) is 0 Å². The SMILES string of the molecule is CC(C)CCCC(C)(O)C1CCC2C3CC=C4CCCCC4(C)C3CCC21C. The highest BCUT2D eigenvalue weighted by molar-refractivity contribution is 5.24. The molecule has 4 aliphatic rings. The molecule has 1 nitrogen and oxygen atoms in total. The fraction of sp³-hybridized carbons (Fsp3) is 0.926. The summed E-state index contributed by atoms with van der Waals surface area (Å²) < 4.78 is 0. The molecule has 3 fully saturated rings. The normalized spacial score (nSPS) is 45.0. The van der Waals surface area contributed by atoms with Gasteiger partial charge in [-0.1, -0.05) is 58.6 Å². The Bertz CT molecular complexity index is 601. The van der Waals surface area contributed by atoms with Gasteiger partial charge in [0, 0.05) is 0 Å². The highest BCUT2D eigenvalue weighted by Gasteiger charge is 2.60. The summed E-state index contributed by atoms with van der Waals surface area (Å²) in [5.41, 5.74) is 2.20. The summed E-state index contributed by atoms with van der Waals surface area (Å²) in [6.45, 7) is 12.0. The van der Waals surface area contributed by atoms with Crippen LogP contribution in [0.25, 0.3) is 0 Å². The van der Waals surface area contributed by atoms with Gasteiger partial charge in [-0.25, -0.2) is 0 Å². The summed E-state index contributed by atoms with van der Waals surface area (Å²) in [6.07, 6.45) is 18.5. The minimum Gasteiger partial charge on any atom is -0.390 e. The Kier molecular flexibility index (Phi) is 5.56. The van der Waals surface area contributed by atoms with Gasteiger partial charge >= 0.3 is 0 Å².